The maximum Gasteiger partial charge on any atom is 0.349 e. The molecule has 0 saturated heterocycles. The molecular formula is C17H17N5O4S2. The van der Waals surface area contributed by atoms with Crippen LogP contribution in [0.1, 0.15) is 16.6 Å². The van der Waals surface area contributed by atoms with Gasteiger partial charge in [-0.15, -0.1) is 0 Å². The second-order valence-electron chi connectivity index (χ2n) is 5.49. The number of hydrogen-bond donors (Lipinski definition) is 2. The fourth-order valence-electron chi connectivity index (χ4n) is 2.21. The Morgan fingerprint density at radius 2 is 1.89 bits per heavy atom. The number of benzene rings is 1. The average molecular weight is 419 g/mol. The van der Waals surface area contributed by atoms with Crippen LogP contribution in [-0.2, 0) is 14.6 Å². The van der Waals surface area contributed by atoms with Crippen LogP contribution < -0.4 is 10.6 Å². The van der Waals surface area contributed by atoms with Gasteiger partial charge in [-0.05, 0) is 18.2 Å². The first kappa shape index (κ1) is 19.7. The number of nitrogens with one attached hydrogen (secondary N) is 2. The summed E-state index contributed by atoms with van der Waals surface area (Å²) in [4.78, 5) is 24.5. The van der Waals surface area contributed by atoms with Crippen LogP contribution in [0.25, 0.3) is 0 Å². The molecule has 1 aromatic carbocycles. The maximum absolute atomic E-state index is 12.0. The van der Waals surface area contributed by atoms with Crippen molar-refractivity contribution in [3.05, 3.63) is 47.7 Å². The molecule has 0 aliphatic heterocycles. The fraction of sp³-hybridized carbons (Fsp3) is 0.176. The van der Waals surface area contributed by atoms with E-state index < -0.39 is 15.8 Å². The van der Waals surface area contributed by atoms with Crippen LogP contribution in [0.5, 0.6) is 0 Å². The summed E-state index contributed by atoms with van der Waals surface area (Å²) in [6.45, 7) is 1.60. The van der Waals surface area contributed by atoms with E-state index in [9.17, 15) is 13.2 Å². The Hall–Kier alpha value is -3.05. The second-order valence-corrected chi connectivity index (χ2v) is 8.80. The summed E-state index contributed by atoms with van der Waals surface area (Å²) >= 11 is 1.13. The molecule has 0 unspecified atom stereocenters. The molecule has 0 aliphatic carbocycles. The van der Waals surface area contributed by atoms with Crippen molar-refractivity contribution in [2.75, 3.05) is 23.5 Å². The molecule has 11 heteroatoms. The van der Waals surface area contributed by atoms with Crippen molar-refractivity contribution in [1.29, 1.82) is 0 Å². The molecule has 2 heterocycles. The lowest BCUT2D eigenvalue weighted by atomic mass is 10.3. The third-order valence-electron chi connectivity index (χ3n) is 3.64. The number of nitrogens with zero attached hydrogens (tertiary/aromatic N) is 3. The largest absolute Gasteiger partial charge is 0.465 e. The molecule has 0 fully saturated rings. The molecule has 0 amide bonds. The third kappa shape index (κ3) is 4.61. The van der Waals surface area contributed by atoms with Gasteiger partial charge in [-0.25, -0.2) is 28.2 Å². The first-order valence-corrected chi connectivity index (χ1v) is 10.6. The fourth-order valence-corrected chi connectivity index (χ4v) is 3.88. The number of hydrogen-bond acceptors (Lipinski definition) is 10. The number of carbonyl (C=O) groups is 1. The molecule has 3 aromatic rings. The summed E-state index contributed by atoms with van der Waals surface area (Å²) in [6.07, 6.45) is 2.77. The van der Waals surface area contributed by atoms with Gasteiger partial charge in [-0.2, -0.15) is 0 Å². The van der Waals surface area contributed by atoms with E-state index in [1.54, 1.807) is 37.3 Å². The number of esters is 1. The van der Waals surface area contributed by atoms with Crippen molar-refractivity contribution in [2.24, 2.45) is 0 Å². The van der Waals surface area contributed by atoms with Gasteiger partial charge >= 0.3 is 5.97 Å². The molecule has 0 spiro atoms. The van der Waals surface area contributed by atoms with Gasteiger partial charge in [0.15, 0.2) is 15.0 Å². The molecule has 28 heavy (non-hydrogen) atoms. The van der Waals surface area contributed by atoms with E-state index in [1.165, 1.54) is 19.6 Å². The summed E-state index contributed by atoms with van der Waals surface area (Å²) in [6, 6.07) is 8.15. The van der Waals surface area contributed by atoms with E-state index in [0.717, 1.165) is 11.3 Å². The van der Waals surface area contributed by atoms with Crippen LogP contribution in [0.2, 0.25) is 0 Å². The monoisotopic (exact) mass is 419 g/mol. The van der Waals surface area contributed by atoms with Gasteiger partial charge in [0, 0.05) is 11.8 Å². The summed E-state index contributed by atoms with van der Waals surface area (Å²) in [5.41, 5.74) is 0.585. The van der Waals surface area contributed by atoms with E-state index in [1.807, 2.05) is 0 Å². The van der Waals surface area contributed by atoms with Gasteiger partial charge in [0.05, 0.1) is 24.0 Å². The number of rotatable bonds is 7. The Kier molecular flexibility index (Phi) is 5.85. The predicted octanol–water partition coefficient (Wildman–Crippen LogP) is 3.00. The van der Waals surface area contributed by atoms with E-state index in [0.29, 0.717) is 27.3 Å². The van der Waals surface area contributed by atoms with Gasteiger partial charge in [-0.3, -0.25) is 0 Å². The van der Waals surface area contributed by atoms with Crippen molar-refractivity contribution in [3.63, 3.8) is 0 Å². The zero-order valence-corrected chi connectivity index (χ0v) is 16.7. The van der Waals surface area contributed by atoms with Crippen molar-refractivity contribution in [3.8, 4) is 0 Å². The third-order valence-corrected chi connectivity index (χ3v) is 6.27. The number of carbonyl (C=O) groups excluding carboxylic acids is 1. The SMILES string of the molecule is CCS(=O)(=O)c1cccc(Nc2cc(Nc3ncc(C(=O)OC)s3)ncn2)c1. The summed E-state index contributed by atoms with van der Waals surface area (Å²) in [7, 11) is -1.99. The lowest BCUT2D eigenvalue weighted by Gasteiger charge is -2.09. The Balaban J connectivity index is 1.76. The van der Waals surface area contributed by atoms with Gasteiger partial charge in [-0.1, -0.05) is 24.3 Å². The molecule has 0 aliphatic rings. The summed E-state index contributed by atoms with van der Waals surface area (Å²) in [5, 5.41) is 6.51. The Morgan fingerprint density at radius 3 is 2.61 bits per heavy atom. The molecule has 146 valence electrons. The number of aromatic nitrogens is 3. The summed E-state index contributed by atoms with van der Waals surface area (Å²) < 4.78 is 28.7. The van der Waals surface area contributed by atoms with Crippen LogP contribution in [0.15, 0.2) is 47.8 Å². The zero-order valence-electron chi connectivity index (χ0n) is 15.0. The standard InChI is InChI=1S/C17H17N5O4S2/c1-3-28(24,25)12-6-4-5-11(7-12)21-14-8-15(20-10-19-14)22-17-18-9-13(27-17)16(23)26-2/h4-10H,3H2,1-2H3,(H2,18,19,20,21,22). The highest BCUT2D eigenvalue weighted by Gasteiger charge is 2.13. The average Bonchev–Trinajstić information content (AvgIpc) is 3.16. The molecule has 0 radical (unpaired) electrons. The molecule has 9 nitrogen and oxygen atoms in total. The first-order valence-electron chi connectivity index (χ1n) is 8.14. The Labute approximate surface area is 165 Å². The van der Waals surface area contributed by atoms with Crippen LogP contribution in [-0.4, -0.2) is 42.2 Å². The normalized spacial score (nSPS) is 11.1. The summed E-state index contributed by atoms with van der Waals surface area (Å²) in [5.74, 6) is 0.491. The van der Waals surface area contributed by atoms with Gasteiger partial charge in [0.1, 0.15) is 22.8 Å². The lowest BCUT2D eigenvalue weighted by molar-refractivity contribution is 0.0606. The lowest BCUT2D eigenvalue weighted by Crippen LogP contribution is -2.04. The minimum absolute atomic E-state index is 0.0272. The highest BCUT2D eigenvalue weighted by molar-refractivity contribution is 7.91. The van der Waals surface area contributed by atoms with E-state index in [2.05, 4.69) is 30.3 Å². The highest BCUT2D eigenvalue weighted by Crippen LogP contribution is 2.24. The number of ether oxygens (including phenoxy) is 1. The van der Waals surface area contributed by atoms with E-state index in [4.69, 9.17) is 0 Å². The van der Waals surface area contributed by atoms with Crippen molar-refractivity contribution in [1.82, 2.24) is 15.0 Å². The Bertz CT molecular complexity index is 1100. The number of thiazole rings is 1. The molecular weight excluding hydrogens is 402 g/mol. The van der Waals surface area contributed by atoms with Crippen molar-refractivity contribution < 1.29 is 17.9 Å². The van der Waals surface area contributed by atoms with Crippen molar-refractivity contribution in [2.45, 2.75) is 11.8 Å². The van der Waals surface area contributed by atoms with Gasteiger partial charge < -0.3 is 15.4 Å². The molecule has 2 N–H and O–H groups in total. The highest BCUT2D eigenvalue weighted by atomic mass is 32.2. The van der Waals surface area contributed by atoms with Crippen molar-refractivity contribution >= 4 is 49.6 Å². The molecule has 3 rings (SSSR count). The second kappa shape index (κ2) is 8.31. The van der Waals surface area contributed by atoms with E-state index >= 15 is 0 Å². The number of sulfone groups is 1. The quantitative estimate of drug-likeness (QED) is 0.556. The molecule has 0 bridgehead atoms. The topological polar surface area (TPSA) is 123 Å². The smallest absolute Gasteiger partial charge is 0.349 e. The molecule has 0 saturated carbocycles. The zero-order chi connectivity index (χ0) is 20.1. The van der Waals surface area contributed by atoms with Gasteiger partial charge in [0.2, 0.25) is 0 Å². The first-order chi connectivity index (χ1) is 13.4. The van der Waals surface area contributed by atoms with Crippen LogP contribution in [0.4, 0.5) is 22.5 Å². The van der Waals surface area contributed by atoms with Crippen LogP contribution >= 0.6 is 11.3 Å². The minimum atomic E-state index is -3.30. The van der Waals surface area contributed by atoms with Crippen LogP contribution in [0, 0.1) is 0 Å². The number of anilines is 4. The molecule has 0 atom stereocenters. The maximum atomic E-state index is 12.0. The van der Waals surface area contributed by atoms with E-state index in [-0.39, 0.29) is 10.6 Å². The minimum Gasteiger partial charge on any atom is -0.465 e. The predicted molar refractivity (Wildman–Crippen MR) is 106 cm³/mol. The Morgan fingerprint density at radius 1 is 1.14 bits per heavy atom. The molecule has 2 aromatic heterocycles. The van der Waals surface area contributed by atoms with Crippen LogP contribution in [0.3, 0.4) is 0 Å². The van der Waals surface area contributed by atoms with Gasteiger partial charge in [0.25, 0.3) is 0 Å². The number of methoxy groups -OCH3 is 1.